The topological polar surface area (TPSA) is 119 Å². The highest BCUT2D eigenvalue weighted by atomic mass is 32.2. The van der Waals surface area contributed by atoms with E-state index in [4.69, 9.17) is 9.47 Å². The Hall–Kier alpha value is -4.48. The monoisotopic (exact) mass is 613 g/mol. The molecule has 218 valence electrons. The number of nitrogens with zero attached hydrogens (tertiary/aromatic N) is 3. The Kier molecular flexibility index (Phi) is 7.76. The third kappa shape index (κ3) is 5.53. The Balaban J connectivity index is 1.39. The third-order valence-corrected chi connectivity index (χ3v) is 9.47. The second kappa shape index (κ2) is 11.7. The van der Waals surface area contributed by atoms with Gasteiger partial charge in [0.15, 0.2) is 4.34 Å². The summed E-state index contributed by atoms with van der Waals surface area (Å²) in [7, 11) is 1.29. The predicted octanol–water partition coefficient (Wildman–Crippen LogP) is 5.88. The number of methoxy groups -OCH3 is 1. The van der Waals surface area contributed by atoms with E-state index in [0.717, 1.165) is 16.9 Å². The lowest BCUT2D eigenvalue weighted by molar-refractivity contribution is -0.132. The van der Waals surface area contributed by atoms with Crippen LogP contribution in [0.4, 0.5) is 5.13 Å². The van der Waals surface area contributed by atoms with Gasteiger partial charge in [-0.25, -0.2) is 4.79 Å². The van der Waals surface area contributed by atoms with E-state index in [2.05, 4.69) is 10.2 Å². The zero-order valence-corrected chi connectivity index (χ0v) is 25.2. The summed E-state index contributed by atoms with van der Waals surface area (Å²) in [5.74, 6) is -1.10. The fraction of sp³-hybridized carbons (Fsp3) is 0.219. The number of Topliss-reactive ketones (excluding diaryl/α,β-unsaturated/α-hetero) is 1. The number of hydrogen-bond acceptors (Lipinski definition) is 10. The largest absolute Gasteiger partial charge is 0.507 e. The van der Waals surface area contributed by atoms with Crippen molar-refractivity contribution >= 4 is 51.6 Å². The van der Waals surface area contributed by atoms with Gasteiger partial charge in [-0.3, -0.25) is 14.5 Å². The molecule has 1 saturated heterocycles. The molecule has 11 heteroatoms. The molecule has 3 aromatic carbocycles. The van der Waals surface area contributed by atoms with Crippen LogP contribution in [0.2, 0.25) is 0 Å². The van der Waals surface area contributed by atoms with Gasteiger partial charge in [-0.2, -0.15) is 0 Å². The van der Waals surface area contributed by atoms with Gasteiger partial charge < -0.3 is 14.6 Å². The summed E-state index contributed by atoms with van der Waals surface area (Å²) < 4.78 is 11.2. The highest BCUT2D eigenvalue weighted by Crippen LogP contribution is 2.44. The molecule has 1 amide bonds. The zero-order chi connectivity index (χ0) is 30.2. The van der Waals surface area contributed by atoms with Crippen LogP contribution in [0.15, 0.2) is 76.6 Å². The van der Waals surface area contributed by atoms with Crippen molar-refractivity contribution in [2.75, 3.05) is 12.0 Å². The number of aliphatic hydroxyl groups excluding tert-OH is 1. The van der Waals surface area contributed by atoms with E-state index in [1.807, 2.05) is 38.1 Å². The average Bonchev–Trinajstić information content (AvgIpc) is 3.71. The first kappa shape index (κ1) is 28.6. The minimum absolute atomic E-state index is 0.00165. The lowest BCUT2D eigenvalue weighted by atomic mass is 9.94. The van der Waals surface area contributed by atoms with E-state index < -0.39 is 23.7 Å². The number of ketones is 1. The number of benzene rings is 3. The highest BCUT2D eigenvalue weighted by molar-refractivity contribution is 8.00. The van der Waals surface area contributed by atoms with Gasteiger partial charge in [0.2, 0.25) is 5.13 Å². The highest BCUT2D eigenvalue weighted by Gasteiger charge is 2.48. The average molecular weight is 614 g/mol. The predicted molar refractivity (Wildman–Crippen MR) is 163 cm³/mol. The molecule has 9 nitrogen and oxygen atoms in total. The normalized spacial score (nSPS) is 18.9. The molecule has 1 fully saturated rings. The van der Waals surface area contributed by atoms with Crippen molar-refractivity contribution in [1.82, 2.24) is 10.2 Å². The molecule has 0 bridgehead atoms. The van der Waals surface area contributed by atoms with Crippen molar-refractivity contribution in [3.05, 3.63) is 106 Å². The second-order valence-corrected chi connectivity index (χ2v) is 12.5. The standard InChI is InChI=1S/C32H27N3O6S2/c1-17-4-6-19(7-5-17)16-42-32-34-33-31(43-32)35-26(20-8-10-21(11-9-20)30(39)40-3)25(28(37)29(35)38)27(36)22-12-13-24-23(15-22)14-18(2)41-24/h4-13,15,18,26,36H,14,16H2,1-3H3/b27-25+/t18-,26+/m1/s1. The summed E-state index contributed by atoms with van der Waals surface area (Å²) in [6.07, 6.45) is 0.665. The lowest BCUT2D eigenvalue weighted by Crippen LogP contribution is -2.29. The summed E-state index contributed by atoms with van der Waals surface area (Å²) in [5.41, 5.74) is 4.34. The molecule has 4 aromatic rings. The van der Waals surface area contributed by atoms with Gasteiger partial charge in [-0.1, -0.05) is 65.1 Å². The third-order valence-electron chi connectivity index (χ3n) is 7.35. The van der Waals surface area contributed by atoms with Crippen LogP contribution in [0.3, 0.4) is 0 Å². The Morgan fingerprint density at radius 1 is 1.07 bits per heavy atom. The van der Waals surface area contributed by atoms with Gasteiger partial charge in [0.1, 0.15) is 17.6 Å². The number of rotatable bonds is 7. The number of anilines is 1. The van der Waals surface area contributed by atoms with E-state index >= 15 is 0 Å². The van der Waals surface area contributed by atoms with E-state index in [9.17, 15) is 19.5 Å². The molecule has 3 heterocycles. The first-order chi connectivity index (χ1) is 20.7. The first-order valence-electron chi connectivity index (χ1n) is 13.5. The second-order valence-electron chi connectivity index (χ2n) is 10.4. The fourth-order valence-corrected chi connectivity index (χ4v) is 7.00. The van der Waals surface area contributed by atoms with Gasteiger partial charge in [-0.15, -0.1) is 10.2 Å². The maximum absolute atomic E-state index is 13.6. The number of fused-ring (bicyclic) bond motifs is 1. The summed E-state index contributed by atoms with van der Waals surface area (Å²) in [5, 5.41) is 20.3. The molecule has 2 atom stereocenters. The van der Waals surface area contributed by atoms with Gasteiger partial charge in [-0.05, 0) is 60.9 Å². The SMILES string of the molecule is COC(=O)c1ccc([C@H]2/C(=C(\O)c3ccc4c(c3)C[C@@H](C)O4)C(=O)C(=O)N2c2nnc(SCc3ccc(C)cc3)s2)cc1. The van der Waals surface area contributed by atoms with Crippen molar-refractivity contribution in [3.8, 4) is 5.75 Å². The van der Waals surface area contributed by atoms with E-state index in [0.29, 0.717) is 33.2 Å². The number of ether oxygens (including phenoxy) is 2. The fourth-order valence-electron chi connectivity index (χ4n) is 5.18. The van der Waals surface area contributed by atoms with Crippen molar-refractivity contribution in [2.45, 2.75) is 42.5 Å². The molecular formula is C32H27N3O6S2. The molecule has 0 aliphatic carbocycles. The van der Waals surface area contributed by atoms with Crippen LogP contribution in [-0.2, 0) is 26.5 Å². The van der Waals surface area contributed by atoms with Gasteiger partial charge in [0.05, 0.1) is 24.3 Å². The summed E-state index contributed by atoms with van der Waals surface area (Å²) in [6, 6.07) is 18.8. The van der Waals surface area contributed by atoms with Gasteiger partial charge in [0.25, 0.3) is 5.78 Å². The summed E-state index contributed by atoms with van der Waals surface area (Å²) >= 11 is 2.67. The van der Waals surface area contributed by atoms with Crippen molar-refractivity contribution in [3.63, 3.8) is 0 Å². The summed E-state index contributed by atoms with van der Waals surface area (Å²) in [6.45, 7) is 3.99. The summed E-state index contributed by atoms with van der Waals surface area (Å²) in [4.78, 5) is 40.5. The molecule has 1 aromatic heterocycles. The molecule has 2 aliphatic heterocycles. The molecule has 6 rings (SSSR count). The molecule has 43 heavy (non-hydrogen) atoms. The van der Waals surface area contributed by atoms with Crippen LogP contribution in [0.5, 0.6) is 5.75 Å². The molecule has 0 radical (unpaired) electrons. The molecule has 0 unspecified atom stereocenters. The number of aliphatic hydroxyl groups is 1. The first-order valence-corrected chi connectivity index (χ1v) is 15.3. The van der Waals surface area contributed by atoms with Crippen molar-refractivity contribution in [1.29, 1.82) is 0 Å². The van der Waals surface area contributed by atoms with Crippen LogP contribution in [0.1, 0.15) is 51.1 Å². The van der Waals surface area contributed by atoms with Crippen molar-refractivity contribution < 1.29 is 29.0 Å². The molecule has 2 aliphatic rings. The molecular weight excluding hydrogens is 587 g/mol. The maximum atomic E-state index is 13.6. The number of thioether (sulfide) groups is 1. The molecule has 0 spiro atoms. The minimum Gasteiger partial charge on any atom is -0.507 e. The van der Waals surface area contributed by atoms with Crippen LogP contribution in [-0.4, -0.2) is 46.2 Å². The quantitative estimate of drug-likeness (QED) is 0.0681. The number of esters is 1. The van der Waals surface area contributed by atoms with E-state index in [-0.39, 0.29) is 22.6 Å². The maximum Gasteiger partial charge on any atom is 0.337 e. The van der Waals surface area contributed by atoms with E-state index in [1.165, 1.54) is 40.7 Å². The number of hydrogen-bond donors (Lipinski definition) is 1. The van der Waals surface area contributed by atoms with Crippen LogP contribution in [0.25, 0.3) is 5.76 Å². The Morgan fingerprint density at radius 2 is 1.79 bits per heavy atom. The number of amides is 1. The smallest absolute Gasteiger partial charge is 0.337 e. The Morgan fingerprint density at radius 3 is 2.51 bits per heavy atom. The van der Waals surface area contributed by atoms with Crippen LogP contribution < -0.4 is 9.64 Å². The lowest BCUT2D eigenvalue weighted by Gasteiger charge is -2.22. The van der Waals surface area contributed by atoms with Crippen molar-refractivity contribution in [2.24, 2.45) is 0 Å². The molecule has 1 N–H and O–H groups in total. The van der Waals surface area contributed by atoms with Gasteiger partial charge in [0, 0.05) is 17.7 Å². The van der Waals surface area contributed by atoms with Crippen LogP contribution >= 0.6 is 23.1 Å². The van der Waals surface area contributed by atoms with E-state index in [1.54, 1.807) is 42.5 Å². The van der Waals surface area contributed by atoms with Crippen LogP contribution in [0, 0.1) is 6.92 Å². The number of aryl methyl sites for hydroxylation is 1. The minimum atomic E-state index is -1.00. The molecule has 0 saturated carbocycles. The Bertz CT molecular complexity index is 1760. The number of carbonyl (C=O) groups is 3. The Labute approximate surface area is 256 Å². The van der Waals surface area contributed by atoms with Gasteiger partial charge >= 0.3 is 11.9 Å². The zero-order valence-electron chi connectivity index (χ0n) is 23.6. The number of carbonyl (C=O) groups excluding carboxylic acids is 3. The number of aromatic nitrogens is 2.